The van der Waals surface area contributed by atoms with E-state index in [2.05, 4.69) is 66.6 Å². The van der Waals surface area contributed by atoms with Gasteiger partial charge in [-0.15, -0.1) is 0 Å². The molecule has 6 N–H and O–H groups in total. The van der Waals surface area contributed by atoms with Crippen LogP contribution in [0.1, 0.15) is 45.4 Å². The first kappa shape index (κ1) is 85.7. The van der Waals surface area contributed by atoms with Gasteiger partial charge in [-0.05, 0) is 81.9 Å². The van der Waals surface area contributed by atoms with Crippen molar-refractivity contribution < 1.29 is 97.6 Å². The Kier molecular flexibility index (Phi) is 26.2. The second kappa shape index (κ2) is 37.6. The minimum absolute atomic E-state index is 0.0245. The highest BCUT2D eigenvalue weighted by Crippen LogP contribution is 2.45. The molecule has 3 amide bonds. The van der Waals surface area contributed by atoms with Crippen LogP contribution in [0, 0.1) is 34.9 Å². The summed E-state index contributed by atoms with van der Waals surface area (Å²) in [6, 6.07) is 5.01. The zero-order valence-electron chi connectivity index (χ0n) is 68.3. The number of aromatic nitrogens is 9. The van der Waals surface area contributed by atoms with Crippen molar-refractivity contribution in [2.24, 2.45) is 0 Å². The van der Waals surface area contributed by atoms with Gasteiger partial charge in [0.1, 0.15) is 28.8 Å². The fourth-order valence-corrected chi connectivity index (χ4v) is 15.9. The Hall–Kier alpha value is -12.3. The molecule has 33 nitrogen and oxygen atoms in total. The van der Waals surface area contributed by atoms with Crippen LogP contribution in [0.15, 0.2) is 93.0 Å². The highest BCUT2D eigenvalue weighted by molar-refractivity contribution is 5.96. The highest BCUT2D eigenvalue weighted by Gasteiger charge is 2.44. The van der Waals surface area contributed by atoms with E-state index in [1.165, 1.54) is 83.5 Å². The van der Waals surface area contributed by atoms with Gasteiger partial charge in [-0.2, -0.15) is 0 Å². The summed E-state index contributed by atoms with van der Waals surface area (Å²) in [4.78, 5) is 86.1. The number of piperidine rings is 1. The number of rotatable bonds is 32. The van der Waals surface area contributed by atoms with Crippen molar-refractivity contribution in [2.75, 3.05) is 165 Å². The molecule has 123 heavy (non-hydrogen) atoms. The lowest BCUT2D eigenvalue weighted by Gasteiger charge is -2.48. The third-order valence-corrected chi connectivity index (χ3v) is 22.4. The molecule has 650 valence electrons. The van der Waals surface area contributed by atoms with Crippen LogP contribution < -0.4 is 75.0 Å². The Morgan fingerprint density at radius 3 is 1.20 bits per heavy atom. The van der Waals surface area contributed by atoms with Crippen LogP contribution in [0.25, 0.3) is 66.5 Å². The number of benzene rings is 3. The number of amides is 3. The fourth-order valence-electron chi connectivity index (χ4n) is 15.9. The molecule has 39 heteroatoms. The number of hydrogen-bond acceptors (Lipinski definition) is 30. The van der Waals surface area contributed by atoms with Gasteiger partial charge >= 0.3 is 0 Å². The molecule has 6 fully saturated rings. The van der Waals surface area contributed by atoms with Crippen LogP contribution >= 0.6 is 0 Å². The molecule has 6 aliphatic rings. The van der Waals surface area contributed by atoms with Gasteiger partial charge in [-0.1, -0.05) is 19.7 Å². The van der Waals surface area contributed by atoms with Gasteiger partial charge in [0.25, 0.3) is 0 Å². The van der Waals surface area contributed by atoms with Gasteiger partial charge in [-0.25, -0.2) is 71.2 Å². The summed E-state index contributed by atoms with van der Waals surface area (Å²) in [7, 11) is 6.53. The molecular formula is C84H92F6N18O15. The summed E-state index contributed by atoms with van der Waals surface area (Å²) in [6.45, 7) is 14.8. The minimum Gasteiger partial charge on any atom is -0.494 e. The number of fused-ring (bicyclic) bond motifs is 3. The Balaban J connectivity index is 0.676. The molecule has 15 rings (SSSR count). The molecule has 6 saturated heterocycles. The summed E-state index contributed by atoms with van der Waals surface area (Å²) in [6.07, 6.45) is 10.5. The SMILES string of the molecule is C=CC(=O)N[C@H]1CCOC[C@H]1Nc1ncc2cc(-c3c(F)c(OC)cc(OC)c3F)nc(N3CC(C)(OCOc4cc(OC)c(F)c(-c5cc6cnc(N[C@@H]7COCC[C@@H]7NC(=O)C=C)nc6c(N6CCC(OCCOc7cc(OC)c(F)c(-c8cc9cnc(N[C@@H]%10COCC[C@@H]%10NC(=O)C=C)nc9c(N9CCC(OC)CC9)n8)c7F)C6)n5)c4F)C3)c2n1. The van der Waals surface area contributed by atoms with Crippen molar-refractivity contribution in [2.45, 2.75) is 99.5 Å². The zero-order valence-corrected chi connectivity index (χ0v) is 68.3. The molecule has 0 radical (unpaired) electrons. The van der Waals surface area contributed by atoms with Gasteiger partial charge in [0.15, 0.2) is 93.6 Å². The quantitative estimate of drug-likeness (QED) is 0.00990. The fraction of sp³-hybridized carbons (Fsp3) is 0.429. The Morgan fingerprint density at radius 2 is 0.813 bits per heavy atom. The maximum Gasteiger partial charge on any atom is 0.243 e. The molecule has 6 aromatic heterocycles. The second-order valence-corrected chi connectivity index (χ2v) is 30.3. The molecule has 0 aliphatic carbocycles. The number of carbonyl (C=O) groups is 3. The predicted octanol–water partition coefficient (Wildman–Crippen LogP) is 9.11. The van der Waals surface area contributed by atoms with Crippen LogP contribution in [0.3, 0.4) is 0 Å². The topological polar surface area (TPSA) is 360 Å². The van der Waals surface area contributed by atoms with E-state index in [1.54, 1.807) is 18.9 Å². The third kappa shape index (κ3) is 18.4. The molecular weight excluding hydrogens is 1620 g/mol. The molecule has 0 spiro atoms. The second-order valence-electron chi connectivity index (χ2n) is 30.3. The number of pyridine rings is 3. The maximum atomic E-state index is 17.6. The summed E-state index contributed by atoms with van der Waals surface area (Å²) in [5.74, 6) is -8.76. The van der Waals surface area contributed by atoms with Crippen LogP contribution in [0.4, 0.5) is 61.6 Å². The van der Waals surface area contributed by atoms with Gasteiger partial charge < -0.3 is 103 Å². The van der Waals surface area contributed by atoms with E-state index in [-0.39, 0.29) is 170 Å². The van der Waals surface area contributed by atoms with E-state index in [0.717, 1.165) is 18.2 Å². The standard InChI is InChI=1S/C84H92F6N18O15/c1-10-63(109)94-48-16-22-117-37-54(48)100-81-91-33-43-27-52(97-78(75(43)103-81)106-19-13-46(112-5)14-20-106)67-71(87)59(115-8)31-61(73(67)89)121-26-25-120-47-15-21-107(36-47)79-76-44(34-92-82(104-76)101-55-38-118-23-17-49(55)95-64(110)11-2)28-53(98-79)68-72(88)60(116-9)32-62(74(68)90)122-42-123-84(4)40-108(41-84)80-77-45(29-51(99-80)66-69(85)57(113-6)30-58(114-7)70(66)86)35-93-83(105-77)102-56-39-119-24-18-50(56)96-65(111)12-3/h10-12,27-35,46-50,54-56H,1-3,13-26,36-42H2,4-9H3,(H,94,109)(H,95,110)(H,96,111)(H,91,100,103)(H,92,101,104)(H,93,102,105)/t47?,48-,49-,50-,54+,55+,56+/m0/s1. The van der Waals surface area contributed by atoms with Crippen molar-refractivity contribution in [3.8, 4) is 68.3 Å². The van der Waals surface area contributed by atoms with Crippen LogP contribution in [-0.4, -0.2) is 251 Å². The molecule has 9 aromatic rings. The summed E-state index contributed by atoms with van der Waals surface area (Å²) in [5.41, 5.74) is -2.38. The van der Waals surface area contributed by atoms with Crippen molar-refractivity contribution in [3.63, 3.8) is 0 Å². The van der Waals surface area contributed by atoms with Gasteiger partial charge in [0.05, 0.1) is 150 Å². The largest absolute Gasteiger partial charge is 0.494 e. The van der Waals surface area contributed by atoms with Crippen molar-refractivity contribution in [1.82, 2.24) is 60.8 Å². The average molecular weight is 1710 g/mol. The van der Waals surface area contributed by atoms with Gasteiger partial charge in [0, 0.05) is 106 Å². The third-order valence-electron chi connectivity index (χ3n) is 22.4. The Labute approximate surface area is 701 Å². The number of nitrogens with one attached hydrogen (secondary N) is 6. The van der Waals surface area contributed by atoms with Gasteiger partial charge in [0.2, 0.25) is 35.6 Å². The molecule has 7 atom stereocenters. The van der Waals surface area contributed by atoms with Crippen molar-refractivity contribution in [3.05, 3.63) is 128 Å². The normalized spacial score (nSPS) is 20.3. The summed E-state index contributed by atoms with van der Waals surface area (Å²) < 4.78 is 171. The van der Waals surface area contributed by atoms with E-state index in [4.69, 9.17) is 86.7 Å². The predicted molar refractivity (Wildman–Crippen MR) is 441 cm³/mol. The summed E-state index contributed by atoms with van der Waals surface area (Å²) >= 11 is 0. The van der Waals surface area contributed by atoms with Crippen LogP contribution in [0.5, 0.6) is 34.5 Å². The van der Waals surface area contributed by atoms with E-state index in [1.807, 2.05) is 9.80 Å². The number of nitrogens with zero attached hydrogens (tertiary/aromatic N) is 12. The monoisotopic (exact) mass is 1710 g/mol. The molecule has 0 saturated carbocycles. The summed E-state index contributed by atoms with van der Waals surface area (Å²) in [5, 5.41) is 19.7. The number of carbonyl (C=O) groups excluding carboxylic acids is 3. The molecule has 1 unspecified atom stereocenters. The molecule has 12 heterocycles. The lowest BCUT2D eigenvalue weighted by atomic mass is 9.96. The van der Waals surface area contributed by atoms with Crippen LogP contribution in [0.2, 0.25) is 0 Å². The maximum absolute atomic E-state index is 17.6. The number of methoxy groups -OCH3 is 5. The van der Waals surface area contributed by atoms with Crippen molar-refractivity contribution >= 4 is 85.7 Å². The average Bonchev–Trinajstić information content (AvgIpc) is 0.956. The highest BCUT2D eigenvalue weighted by atomic mass is 19.2. The smallest absolute Gasteiger partial charge is 0.243 e. The van der Waals surface area contributed by atoms with Crippen molar-refractivity contribution in [1.29, 1.82) is 0 Å². The van der Waals surface area contributed by atoms with E-state index in [0.29, 0.717) is 98.9 Å². The Bertz CT molecular complexity index is 5480. The lowest BCUT2D eigenvalue weighted by molar-refractivity contribution is -0.118. The van der Waals surface area contributed by atoms with E-state index < -0.39 is 112 Å². The molecule has 3 aromatic carbocycles. The number of hydrogen-bond donors (Lipinski definition) is 6. The number of ether oxygens (including phenoxy) is 12. The van der Waals surface area contributed by atoms with E-state index >= 15 is 26.3 Å². The molecule has 0 bridgehead atoms. The van der Waals surface area contributed by atoms with Gasteiger partial charge in [-0.3, -0.25) is 14.4 Å². The minimum atomic E-state index is -1.18. The first-order valence-electron chi connectivity index (χ1n) is 40.0. The number of anilines is 6. The lowest BCUT2D eigenvalue weighted by Crippen LogP contribution is -2.62. The zero-order chi connectivity index (χ0) is 86.3. The molecule has 6 aliphatic heterocycles. The Morgan fingerprint density at radius 1 is 0.455 bits per heavy atom. The van der Waals surface area contributed by atoms with Crippen LogP contribution in [-0.2, 0) is 42.8 Å². The first-order chi connectivity index (χ1) is 59.6. The number of halogens is 6. The van der Waals surface area contributed by atoms with E-state index in [9.17, 15) is 14.4 Å². The first-order valence-corrected chi connectivity index (χ1v) is 40.0.